The lowest BCUT2D eigenvalue weighted by Crippen LogP contribution is -2.27. The Morgan fingerprint density at radius 1 is 1.19 bits per heavy atom. The lowest BCUT2D eigenvalue weighted by molar-refractivity contribution is 0.506. The van der Waals surface area contributed by atoms with Crippen molar-refractivity contribution in [1.29, 1.82) is 0 Å². The first kappa shape index (κ1) is 13.4. The van der Waals surface area contributed by atoms with E-state index >= 15 is 0 Å². The topological polar surface area (TPSA) is 12.0 Å². The van der Waals surface area contributed by atoms with Gasteiger partial charge in [-0.2, -0.15) is 0 Å². The molecule has 0 bridgehead atoms. The van der Waals surface area contributed by atoms with Crippen LogP contribution < -0.4 is 5.32 Å². The summed E-state index contributed by atoms with van der Waals surface area (Å²) in [6.45, 7) is 4.36. The van der Waals surface area contributed by atoms with Gasteiger partial charge in [0.25, 0.3) is 0 Å². The second-order valence-electron chi connectivity index (χ2n) is 4.08. The number of rotatable bonds is 5. The van der Waals surface area contributed by atoms with Gasteiger partial charge in [0.15, 0.2) is 0 Å². The van der Waals surface area contributed by atoms with E-state index in [9.17, 15) is 8.78 Å². The summed E-state index contributed by atoms with van der Waals surface area (Å²) in [6, 6.07) is 3.74. The highest BCUT2D eigenvalue weighted by Crippen LogP contribution is 2.09. The molecule has 0 radical (unpaired) electrons. The van der Waals surface area contributed by atoms with Crippen molar-refractivity contribution >= 4 is 11.6 Å². The van der Waals surface area contributed by atoms with Gasteiger partial charge in [0, 0.05) is 24.0 Å². The number of nitrogens with one attached hydrogen (secondary N) is 1. The molecule has 0 saturated carbocycles. The molecule has 1 aromatic carbocycles. The van der Waals surface area contributed by atoms with Gasteiger partial charge in [0.2, 0.25) is 0 Å². The number of hydrogen-bond acceptors (Lipinski definition) is 1. The van der Waals surface area contributed by atoms with Crippen molar-refractivity contribution in [2.45, 2.75) is 38.2 Å². The van der Waals surface area contributed by atoms with Crippen LogP contribution in [0.15, 0.2) is 18.2 Å². The summed E-state index contributed by atoms with van der Waals surface area (Å²) >= 11 is 5.84. The molecule has 2 atom stereocenters. The van der Waals surface area contributed by atoms with Crippen LogP contribution in [0.3, 0.4) is 0 Å². The van der Waals surface area contributed by atoms with Crippen LogP contribution in [0.2, 0.25) is 0 Å². The zero-order chi connectivity index (χ0) is 12.1. The highest BCUT2D eigenvalue weighted by molar-refractivity contribution is 6.20. The monoisotopic (exact) mass is 247 g/mol. The maximum atomic E-state index is 12.9. The molecule has 0 fully saturated rings. The predicted molar refractivity (Wildman–Crippen MR) is 62.6 cm³/mol. The minimum absolute atomic E-state index is 0.0896. The second-order valence-corrected chi connectivity index (χ2v) is 4.82. The third-order valence-electron chi connectivity index (χ3n) is 2.26. The molecule has 0 spiro atoms. The molecule has 16 heavy (non-hydrogen) atoms. The molecular formula is C12H16ClF2N. The molecule has 1 rings (SSSR count). The largest absolute Gasteiger partial charge is 0.310 e. The molecule has 0 amide bonds. The highest BCUT2D eigenvalue weighted by Gasteiger charge is 2.06. The van der Waals surface area contributed by atoms with Crippen molar-refractivity contribution in [1.82, 2.24) is 5.32 Å². The van der Waals surface area contributed by atoms with Crippen molar-refractivity contribution < 1.29 is 8.78 Å². The summed E-state index contributed by atoms with van der Waals surface area (Å²) in [7, 11) is 0. The minimum atomic E-state index is -0.546. The molecule has 90 valence electrons. The highest BCUT2D eigenvalue weighted by atomic mass is 35.5. The molecule has 0 aromatic heterocycles. The molecule has 4 heteroatoms. The Hall–Kier alpha value is -0.670. The lowest BCUT2D eigenvalue weighted by Gasteiger charge is -2.15. The quantitative estimate of drug-likeness (QED) is 0.786. The van der Waals surface area contributed by atoms with Crippen molar-refractivity contribution in [3.05, 3.63) is 35.4 Å². The summed E-state index contributed by atoms with van der Waals surface area (Å²) < 4.78 is 25.7. The van der Waals surface area contributed by atoms with Gasteiger partial charge in [-0.1, -0.05) is 0 Å². The van der Waals surface area contributed by atoms with E-state index in [1.54, 1.807) is 0 Å². The van der Waals surface area contributed by atoms with Crippen LogP contribution in [0, 0.1) is 11.6 Å². The minimum Gasteiger partial charge on any atom is -0.310 e. The maximum Gasteiger partial charge on any atom is 0.126 e. The van der Waals surface area contributed by atoms with Crippen LogP contribution in [0.1, 0.15) is 25.8 Å². The molecule has 1 aromatic rings. The first-order valence-corrected chi connectivity index (χ1v) is 5.73. The zero-order valence-electron chi connectivity index (χ0n) is 9.43. The van der Waals surface area contributed by atoms with E-state index in [1.165, 1.54) is 12.1 Å². The predicted octanol–water partition coefficient (Wildman–Crippen LogP) is 3.46. The van der Waals surface area contributed by atoms with E-state index in [0.29, 0.717) is 12.1 Å². The van der Waals surface area contributed by atoms with Crippen molar-refractivity contribution in [3.8, 4) is 0 Å². The molecule has 0 heterocycles. The van der Waals surface area contributed by atoms with E-state index in [0.717, 1.165) is 12.5 Å². The fourth-order valence-corrected chi connectivity index (χ4v) is 1.84. The summed E-state index contributed by atoms with van der Waals surface area (Å²) in [5, 5.41) is 3.26. The zero-order valence-corrected chi connectivity index (χ0v) is 10.2. The summed E-state index contributed by atoms with van der Waals surface area (Å²) in [5.41, 5.74) is 0.603. The lowest BCUT2D eigenvalue weighted by atomic mass is 10.1. The Morgan fingerprint density at radius 2 is 1.75 bits per heavy atom. The van der Waals surface area contributed by atoms with Crippen LogP contribution >= 0.6 is 11.6 Å². The smallest absolute Gasteiger partial charge is 0.126 e. The second kappa shape index (κ2) is 6.16. The molecule has 2 unspecified atom stereocenters. The molecule has 1 nitrogen and oxygen atoms in total. The van der Waals surface area contributed by atoms with Gasteiger partial charge in [-0.3, -0.25) is 0 Å². The average molecular weight is 248 g/mol. The first-order valence-electron chi connectivity index (χ1n) is 5.30. The van der Waals surface area contributed by atoms with Crippen LogP contribution in [0.5, 0.6) is 0 Å². The van der Waals surface area contributed by atoms with Gasteiger partial charge >= 0.3 is 0 Å². The number of benzene rings is 1. The first-order chi connectivity index (χ1) is 7.47. The van der Waals surface area contributed by atoms with Gasteiger partial charge in [0.1, 0.15) is 11.6 Å². The van der Waals surface area contributed by atoms with Gasteiger partial charge < -0.3 is 5.32 Å². The number of hydrogen-bond donors (Lipinski definition) is 1. The van der Waals surface area contributed by atoms with E-state index < -0.39 is 11.6 Å². The Bertz CT molecular complexity index is 322. The SMILES string of the molecule is CC(Cl)CC(C)NCc1cc(F)cc(F)c1. The normalized spacial score (nSPS) is 14.8. The third-order valence-corrected chi connectivity index (χ3v) is 2.43. The van der Waals surface area contributed by atoms with Gasteiger partial charge in [-0.25, -0.2) is 8.78 Å². The van der Waals surface area contributed by atoms with Crippen LogP contribution in [0.4, 0.5) is 8.78 Å². The fraction of sp³-hybridized carbons (Fsp3) is 0.500. The van der Waals surface area contributed by atoms with Crippen molar-refractivity contribution in [2.24, 2.45) is 0 Å². The Labute approximate surface area is 99.8 Å². The summed E-state index contributed by atoms with van der Waals surface area (Å²) in [5.74, 6) is -1.09. The molecule has 0 aliphatic carbocycles. The van der Waals surface area contributed by atoms with Crippen LogP contribution in [0.25, 0.3) is 0 Å². The van der Waals surface area contributed by atoms with Gasteiger partial charge in [-0.15, -0.1) is 11.6 Å². The van der Waals surface area contributed by atoms with E-state index in [1.807, 2.05) is 13.8 Å². The van der Waals surface area contributed by atoms with Crippen molar-refractivity contribution in [2.75, 3.05) is 0 Å². The van der Waals surface area contributed by atoms with E-state index in [-0.39, 0.29) is 11.4 Å². The van der Waals surface area contributed by atoms with Crippen molar-refractivity contribution in [3.63, 3.8) is 0 Å². The van der Waals surface area contributed by atoms with E-state index in [2.05, 4.69) is 5.32 Å². The molecule has 0 saturated heterocycles. The Balaban J connectivity index is 2.48. The summed E-state index contributed by atoms with van der Waals surface area (Å²) in [6.07, 6.45) is 0.819. The molecular weight excluding hydrogens is 232 g/mol. The van der Waals surface area contributed by atoms with E-state index in [4.69, 9.17) is 11.6 Å². The van der Waals surface area contributed by atoms with Crippen LogP contribution in [-0.4, -0.2) is 11.4 Å². The fourth-order valence-electron chi connectivity index (χ4n) is 1.58. The number of alkyl halides is 1. The molecule has 1 N–H and O–H groups in total. The van der Waals surface area contributed by atoms with Crippen LogP contribution in [-0.2, 0) is 6.54 Å². The van der Waals surface area contributed by atoms with Gasteiger partial charge in [-0.05, 0) is 38.0 Å². The molecule has 0 aliphatic rings. The van der Waals surface area contributed by atoms with Gasteiger partial charge in [0.05, 0.1) is 0 Å². The number of halogens is 3. The standard InChI is InChI=1S/C12H16ClF2N/c1-8(13)3-9(2)16-7-10-4-11(14)6-12(15)5-10/h4-6,8-9,16H,3,7H2,1-2H3. The maximum absolute atomic E-state index is 12.9. The average Bonchev–Trinajstić information content (AvgIpc) is 2.12. The summed E-state index contributed by atoms with van der Waals surface area (Å²) in [4.78, 5) is 0. The molecule has 0 aliphatic heterocycles. The third kappa shape index (κ3) is 4.90. The Kier molecular flexibility index (Phi) is 5.16. The Morgan fingerprint density at radius 3 is 2.25 bits per heavy atom.